The summed E-state index contributed by atoms with van der Waals surface area (Å²) in [4.78, 5) is 10.6. The number of benzene rings is 2. The average molecular weight is 241 g/mol. The fraction of sp³-hybridized carbons (Fsp3) is 0.133. The van der Waals surface area contributed by atoms with Crippen LogP contribution in [0.2, 0.25) is 0 Å². The van der Waals surface area contributed by atoms with E-state index in [0.29, 0.717) is 0 Å². The van der Waals surface area contributed by atoms with Gasteiger partial charge in [-0.25, -0.2) is 0 Å². The average Bonchev–Trinajstić information content (AvgIpc) is 2.39. The van der Waals surface area contributed by atoms with Crippen LogP contribution in [0.15, 0.2) is 48.5 Å². The molecule has 0 atom stereocenters. The van der Waals surface area contributed by atoms with E-state index in [1.807, 2.05) is 55.6 Å². The Morgan fingerprint density at radius 3 is 1.94 bits per heavy atom. The number of anilines is 1. The number of aliphatic carboxylic acids is 1. The Labute approximate surface area is 106 Å². The van der Waals surface area contributed by atoms with Crippen LogP contribution in [-0.2, 0) is 11.2 Å². The Balaban J connectivity index is 2.20. The Bertz CT molecular complexity index is 529. The van der Waals surface area contributed by atoms with Gasteiger partial charge in [0.2, 0.25) is 0 Å². The molecule has 0 aliphatic rings. The van der Waals surface area contributed by atoms with Gasteiger partial charge in [-0.2, -0.15) is 0 Å². The van der Waals surface area contributed by atoms with Crippen LogP contribution in [0.4, 0.5) is 5.69 Å². The summed E-state index contributed by atoms with van der Waals surface area (Å²) in [6, 6.07) is 15.7. The molecule has 3 nitrogen and oxygen atoms in total. The molecule has 92 valence electrons. The van der Waals surface area contributed by atoms with Crippen LogP contribution in [0.5, 0.6) is 0 Å². The predicted octanol–water partition coefficient (Wildman–Crippen LogP) is 3.02. The van der Waals surface area contributed by atoms with Crippen molar-refractivity contribution in [2.24, 2.45) is 0 Å². The van der Waals surface area contributed by atoms with Crippen molar-refractivity contribution in [3.8, 4) is 11.1 Å². The zero-order valence-corrected chi connectivity index (χ0v) is 10.2. The molecule has 0 aliphatic heterocycles. The van der Waals surface area contributed by atoms with Gasteiger partial charge in [-0.3, -0.25) is 4.79 Å². The van der Waals surface area contributed by atoms with Crippen LogP contribution in [0.1, 0.15) is 5.56 Å². The van der Waals surface area contributed by atoms with E-state index >= 15 is 0 Å². The molecule has 2 rings (SSSR count). The predicted molar refractivity (Wildman–Crippen MR) is 72.8 cm³/mol. The van der Waals surface area contributed by atoms with Crippen molar-refractivity contribution >= 4 is 11.7 Å². The smallest absolute Gasteiger partial charge is 0.307 e. The van der Waals surface area contributed by atoms with Crippen molar-refractivity contribution in [1.29, 1.82) is 0 Å². The first-order valence-corrected chi connectivity index (χ1v) is 5.78. The van der Waals surface area contributed by atoms with Gasteiger partial charge in [0.15, 0.2) is 0 Å². The van der Waals surface area contributed by atoms with Gasteiger partial charge in [0.1, 0.15) is 0 Å². The number of carboxylic acids is 1. The van der Waals surface area contributed by atoms with Crippen molar-refractivity contribution in [3.05, 3.63) is 54.1 Å². The summed E-state index contributed by atoms with van der Waals surface area (Å²) in [5.74, 6) is -0.805. The molecule has 18 heavy (non-hydrogen) atoms. The minimum Gasteiger partial charge on any atom is -0.481 e. The topological polar surface area (TPSA) is 49.3 Å². The monoisotopic (exact) mass is 241 g/mol. The first kappa shape index (κ1) is 12.2. The lowest BCUT2D eigenvalue weighted by Crippen LogP contribution is -1.99. The zero-order valence-electron chi connectivity index (χ0n) is 10.2. The van der Waals surface area contributed by atoms with Crippen LogP contribution >= 0.6 is 0 Å². The molecule has 0 saturated heterocycles. The largest absolute Gasteiger partial charge is 0.481 e. The zero-order chi connectivity index (χ0) is 13.0. The highest BCUT2D eigenvalue weighted by Gasteiger charge is 2.01. The number of carboxylic acid groups (broad SMARTS) is 1. The second kappa shape index (κ2) is 5.36. The Hall–Kier alpha value is -2.29. The summed E-state index contributed by atoms with van der Waals surface area (Å²) < 4.78 is 0. The quantitative estimate of drug-likeness (QED) is 0.865. The normalized spacial score (nSPS) is 10.1. The molecule has 0 unspecified atom stereocenters. The van der Waals surface area contributed by atoms with Gasteiger partial charge in [0.05, 0.1) is 6.42 Å². The second-order valence-corrected chi connectivity index (χ2v) is 4.09. The van der Waals surface area contributed by atoms with E-state index in [-0.39, 0.29) is 6.42 Å². The third-order valence-electron chi connectivity index (χ3n) is 2.82. The number of hydrogen-bond donors (Lipinski definition) is 2. The van der Waals surface area contributed by atoms with Crippen LogP contribution in [0, 0.1) is 0 Å². The fourth-order valence-electron chi connectivity index (χ4n) is 1.82. The SMILES string of the molecule is CNc1ccc(-c2ccc(CC(=O)O)cc2)cc1. The summed E-state index contributed by atoms with van der Waals surface area (Å²) in [5, 5.41) is 11.8. The van der Waals surface area contributed by atoms with Crippen molar-refractivity contribution < 1.29 is 9.90 Å². The molecule has 3 heteroatoms. The maximum atomic E-state index is 10.6. The van der Waals surface area contributed by atoms with Gasteiger partial charge in [0, 0.05) is 12.7 Å². The third kappa shape index (κ3) is 2.88. The maximum absolute atomic E-state index is 10.6. The lowest BCUT2D eigenvalue weighted by atomic mass is 10.0. The van der Waals surface area contributed by atoms with Gasteiger partial charge in [-0.05, 0) is 28.8 Å². The Kier molecular flexibility index (Phi) is 3.63. The molecule has 0 aromatic heterocycles. The molecule has 0 spiro atoms. The fourth-order valence-corrected chi connectivity index (χ4v) is 1.82. The van der Waals surface area contributed by atoms with Crippen molar-refractivity contribution in [1.82, 2.24) is 0 Å². The van der Waals surface area contributed by atoms with Gasteiger partial charge >= 0.3 is 5.97 Å². The lowest BCUT2D eigenvalue weighted by molar-refractivity contribution is -0.136. The molecule has 0 amide bonds. The van der Waals surface area contributed by atoms with E-state index < -0.39 is 5.97 Å². The first-order valence-electron chi connectivity index (χ1n) is 5.78. The van der Waals surface area contributed by atoms with Crippen LogP contribution < -0.4 is 5.32 Å². The minimum absolute atomic E-state index is 0.0684. The van der Waals surface area contributed by atoms with Gasteiger partial charge in [-0.1, -0.05) is 36.4 Å². The number of rotatable bonds is 4. The Morgan fingerprint density at radius 2 is 1.50 bits per heavy atom. The molecule has 0 saturated carbocycles. The molecule has 0 aliphatic carbocycles. The molecule has 0 bridgehead atoms. The molecule has 2 aromatic rings. The standard InChI is InChI=1S/C15H15NO2/c1-16-14-8-6-13(7-9-14)12-4-2-11(3-5-12)10-15(17)18/h2-9,16H,10H2,1H3,(H,17,18). The van der Waals surface area contributed by atoms with Gasteiger partial charge in [0.25, 0.3) is 0 Å². The molecule has 2 aromatic carbocycles. The molecular formula is C15H15NO2. The summed E-state index contributed by atoms with van der Waals surface area (Å²) in [6.45, 7) is 0. The van der Waals surface area contributed by atoms with Crippen molar-refractivity contribution in [3.63, 3.8) is 0 Å². The molecule has 2 N–H and O–H groups in total. The van der Waals surface area contributed by atoms with E-state index in [4.69, 9.17) is 5.11 Å². The van der Waals surface area contributed by atoms with E-state index in [2.05, 4.69) is 5.32 Å². The van der Waals surface area contributed by atoms with E-state index in [9.17, 15) is 4.79 Å². The van der Waals surface area contributed by atoms with Crippen molar-refractivity contribution in [2.75, 3.05) is 12.4 Å². The summed E-state index contributed by atoms with van der Waals surface area (Å²) >= 11 is 0. The second-order valence-electron chi connectivity index (χ2n) is 4.09. The van der Waals surface area contributed by atoms with E-state index in [1.54, 1.807) is 0 Å². The summed E-state index contributed by atoms with van der Waals surface area (Å²) in [7, 11) is 1.88. The highest BCUT2D eigenvalue weighted by atomic mass is 16.4. The lowest BCUT2D eigenvalue weighted by Gasteiger charge is -2.05. The van der Waals surface area contributed by atoms with E-state index in [0.717, 1.165) is 22.4 Å². The highest BCUT2D eigenvalue weighted by Crippen LogP contribution is 2.21. The van der Waals surface area contributed by atoms with Crippen molar-refractivity contribution in [2.45, 2.75) is 6.42 Å². The van der Waals surface area contributed by atoms with E-state index in [1.165, 1.54) is 0 Å². The molecule has 0 heterocycles. The molecule has 0 fully saturated rings. The van der Waals surface area contributed by atoms with Gasteiger partial charge < -0.3 is 10.4 Å². The summed E-state index contributed by atoms with van der Waals surface area (Å²) in [6.07, 6.45) is 0.0684. The first-order chi connectivity index (χ1) is 8.69. The number of hydrogen-bond acceptors (Lipinski definition) is 2. The van der Waals surface area contributed by atoms with Crippen LogP contribution in [0.25, 0.3) is 11.1 Å². The van der Waals surface area contributed by atoms with Crippen LogP contribution in [0.3, 0.4) is 0 Å². The highest BCUT2D eigenvalue weighted by molar-refractivity contribution is 5.71. The minimum atomic E-state index is -0.805. The maximum Gasteiger partial charge on any atom is 0.307 e. The number of nitrogens with one attached hydrogen (secondary N) is 1. The Morgan fingerprint density at radius 1 is 1.00 bits per heavy atom. The van der Waals surface area contributed by atoms with Gasteiger partial charge in [-0.15, -0.1) is 0 Å². The molecular weight excluding hydrogens is 226 g/mol. The summed E-state index contributed by atoms with van der Waals surface area (Å²) in [5.41, 5.74) is 4.10. The third-order valence-corrected chi connectivity index (χ3v) is 2.82. The van der Waals surface area contributed by atoms with Crippen LogP contribution in [-0.4, -0.2) is 18.1 Å². The number of carbonyl (C=O) groups is 1. The molecule has 0 radical (unpaired) electrons.